The predicted octanol–water partition coefficient (Wildman–Crippen LogP) is 4.88. The number of hydrogen-bond donors (Lipinski definition) is 0. The quantitative estimate of drug-likeness (QED) is 0.668. The van der Waals surface area contributed by atoms with E-state index in [1.54, 1.807) is 11.8 Å². The van der Waals surface area contributed by atoms with Gasteiger partial charge in [0.2, 0.25) is 0 Å². The first-order valence-electron chi connectivity index (χ1n) is 9.36. The summed E-state index contributed by atoms with van der Waals surface area (Å²) in [5.41, 5.74) is 3.92. The molecule has 0 N–H and O–H groups in total. The van der Waals surface area contributed by atoms with Crippen molar-refractivity contribution in [2.75, 3.05) is 30.3 Å². The summed E-state index contributed by atoms with van der Waals surface area (Å²) < 4.78 is 5.54. The number of rotatable bonds is 6. The van der Waals surface area contributed by atoms with Gasteiger partial charge in [0, 0.05) is 23.5 Å². The van der Waals surface area contributed by atoms with E-state index in [2.05, 4.69) is 11.1 Å². The average Bonchev–Trinajstić information content (AvgIpc) is 2.67. The molecule has 0 bridgehead atoms. The summed E-state index contributed by atoms with van der Waals surface area (Å²) in [5.74, 6) is 1.97. The molecular formula is C22H26N2O2S. The van der Waals surface area contributed by atoms with Gasteiger partial charge in [-0.2, -0.15) is 0 Å². The van der Waals surface area contributed by atoms with Crippen LogP contribution in [0.3, 0.4) is 0 Å². The van der Waals surface area contributed by atoms with Crippen LogP contribution in [0.4, 0.5) is 5.69 Å². The van der Waals surface area contributed by atoms with Gasteiger partial charge in [0.05, 0.1) is 13.2 Å². The lowest BCUT2D eigenvalue weighted by atomic mass is 10.0. The second-order valence-corrected chi connectivity index (χ2v) is 7.68. The zero-order valence-corrected chi connectivity index (χ0v) is 17.0. The molecule has 0 amide bonds. The summed E-state index contributed by atoms with van der Waals surface area (Å²) in [7, 11) is 0. The lowest BCUT2D eigenvalue weighted by Crippen LogP contribution is -2.35. The van der Waals surface area contributed by atoms with Crippen LogP contribution in [-0.4, -0.2) is 36.4 Å². The minimum atomic E-state index is 0.107. The molecule has 2 aromatic rings. The maximum absolute atomic E-state index is 13.0. The smallest absolute Gasteiger partial charge is 0.182 e. The topological polar surface area (TPSA) is 41.9 Å². The number of benzene rings is 2. The third-order valence-corrected chi connectivity index (χ3v) is 5.56. The Kier molecular flexibility index (Phi) is 6.56. The van der Waals surface area contributed by atoms with E-state index in [0.29, 0.717) is 6.61 Å². The Hall–Kier alpha value is -2.27. The maximum Gasteiger partial charge on any atom is 0.182 e. The Balaban J connectivity index is 1.87. The van der Waals surface area contributed by atoms with Crippen molar-refractivity contribution >= 4 is 28.4 Å². The fourth-order valence-electron chi connectivity index (χ4n) is 3.13. The molecular weight excluding hydrogens is 356 g/mol. The third-order valence-electron chi connectivity index (χ3n) is 4.46. The number of aliphatic imine (C=N–C) groups is 1. The molecule has 142 valence electrons. The first-order valence-corrected chi connectivity index (χ1v) is 10.3. The van der Waals surface area contributed by atoms with E-state index in [-0.39, 0.29) is 12.3 Å². The van der Waals surface area contributed by atoms with Crippen LogP contribution in [0.15, 0.2) is 47.5 Å². The molecule has 2 aromatic carbocycles. The van der Waals surface area contributed by atoms with Gasteiger partial charge in [0.1, 0.15) is 5.75 Å². The van der Waals surface area contributed by atoms with Crippen LogP contribution in [-0.2, 0) is 0 Å². The summed E-state index contributed by atoms with van der Waals surface area (Å²) in [5, 5.41) is 0.920. The van der Waals surface area contributed by atoms with E-state index in [1.807, 2.05) is 62.1 Å². The standard InChI is InChI=1S/C22H26N2O2S/c1-4-26-19-9-7-18(8-10-19)24(22-23-12-5-13-27-22)15-21(25)20-11-6-16(2)14-17(20)3/h6-11,14H,4-5,12-13,15H2,1-3H3. The molecule has 27 heavy (non-hydrogen) atoms. The normalized spacial score (nSPS) is 13.8. The van der Waals surface area contributed by atoms with Crippen LogP contribution < -0.4 is 9.64 Å². The first-order chi connectivity index (χ1) is 13.1. The molecule has 3 rings (SSSR count). The number of carbonyl (C=O) groups excluding carboxylic acids is 1. The van der Waals surface area contributed by atoms with Crippen LogP contribution in [0.1, 0.15) is 34.8 Å². The lowest BCUT2D eigenvalue weighted by Gasteiger charge is -2.27. The summed E-state index contributed by atoms with van der Waals surface area (Å²) in [6.45, 7) is 7.74. The van der Waals surface area contributed by atoms with Crippen molar-refractivity contribution in [1.29, 1.82) is 0 Å². The molecule has 0 unspecified atom stereocenters. The average molecular weight is 383 g/mol. The highest BCUT2D eigenvalue weighted by atomic mass is 32.2. The van der Waals surface area contributed by atoms with Crippen molar-refractivity contribution in [2.24, 2.45) is 4.99 Å². The van der Waals surface area contributed by atoms with Crippen LogP contribution in [0.5, 0.6) is 5.75 Å². The van der Waals surface area contributed by atoms with Crippen molar-refractivity contribution in [1.82, 2.24) is 0 Å². The van der Waals surface area contributed by atoms with Gasteiger partial charge in [0.15, 0.2) is 11.0 Å². The van der Waals surface area contributed by atoms with Crippen molar-refractivity contribution in [2.45, 2.75) is 27.2 Å². The van der Waals surface area contributed by atoms with Gasteiger partial charge >= 0.3 is 0 Å². The van der Waals surface area contributed by atoms with E-state index in [4.69, 9.17) is 4.74 Å². The molecule has 1 heterocycles. The Bertz CT molecular complexity index is 831. The molecule has 0 fully saturated rings. The Morgan fingerprint density at radius 3 is 2.59 bits per heavy atom. The number of ether oxygens (including phenoxy) is 1. The van der Waals surface area contributed by atoms with Crippen molar-refractivity contribution < 1.29 is 9.53 Å². The minimum absolute atomic E-state index is 0.107. The summed E-state index contributed by atoms with van der Waals surface area (Å²) in [4.78, 5) is 19.7. The zero-order chi connectivity index (χ0) is 19.2. The second kappa shape index (κ2) is 9.09. The predicted molar refractivity (Wildman–Crippen MR) is 115 cm³/mol. The molecule has 0 spiro atoms. The van der Waals surface area contributed by atoms with Crippen LogP contribution in [0.2, 0.25) is 0 Å². The highest BCUT2D eigenvalue weighted by Gasteiger charge is 2.21. The lowest BCUT2D eigenvalue weighted by molar-refractivity contribution is 0.100. The van der Waals surface area contributed by atoms with E-state index in [0.717, 1.165) is 46.4 Å². The number of hydrogen-bond acceptors (Lipinski definition) is 5. The van der Waals surface area contributed by atoms with E-state index in [9.17, 15) is 4.79 Å². The Morgan fingerprint density at radius 1 is 1.19 bits per heavy atom. The molecule has 1 aliphatic rings. The van der Waals surface area contributed by atoms with Crippen LogP contribution in [0, 0.1) is 13.8 Å². The van der Waals surface area contributed by atoms with Gasteiger partial charge in [-0.25, -0.2) is 0 Å². The fourth-order valence-corrected chi connectivity index (χ4v) is 4.09. The zero-order valence-electron chi connectivity index (χ0n) is 16.2. The van der Waals surface area contributed by atoms with Gasteiger partial charge in [-0.05, 0) is 57.0 Å². The number of nitrogens with zero attached hydrogens (tertiary/aromatic N) is 2. The largest absolute Gasteiger partial charge is 0.494 e. The molecule has 1 aliphatic heterocycles. The maximum atomic E-state index is 13.0. The molecule has 4 nitrogen and oxygen atoms in total. The molecule has 0 aliphatic carbocycles. The first kappa shape index (κ1) is 19.5. The summed E-state index contributed by atoms with van der Waals surface area (Å²) in [6.07, 6.45) is 1.08. The van der Waals surface area contributed by atoms with Crippen LogP contribution in [0.25, 0.3) is 0 Å². The number of aryl methyl sites for hydroxylation is 2. The minimum Gasteiger partial charge on any atom is -0.494 e. The molecule has 0 saturated carbocycles. The summed E-state index contributed by atoms with van der Waals surface area (Å²) in [6, 6.07) is 13.9. The van der Waals surface area contributed by atoms with E-state index < -0.39 is 0 Å². The van der Waals surface area contributed by atoms with Gasteiger partial charge in [-0.15, -0.1) is 0 Å². The second-order valence-electron chi connectivity index (χ2n) is 6.62. The number of ketones is 1. The Labute approximate surface area is 165 Å². The van der Waals surface area contributed by atoms with E-state index in [1.165, 1.54) is 5.56 Å². The number of amidine groups is 1. The van der Waals surface area contributed by atoms with Gasteiger partial charge in [-0.1, -0.05) is 35.5 Å². The summed E-state index contributed by atoms with van der Waals surface area (Å²) >= 11 is 1.72. The monoisotopic (exact) mass is 382 g/mol. The number of carbonyl (C=O) groups is 1. The van der Waals surface area contributed by atoms with E-state index >= 15 is 0 Å². The molecule has 0 aromatic heterocycles. The Morgan fingerprint density at radius 2 is 1.96 bits per heavy atom. The van der Waals surface area contributed by atoms with Gasteiger partial charge < -0.3 is 9.64 Å². The van der Waals surface area contributed by atoms with Gasteiger partial charge in [-0.3, -0.25) is 9.79 Å². The number of Topliss-reactive ketones (excluding diaryl/α,β-unsaturated/α-hetero) is 1. The van der Waals surface area contributed by atoms with Crippen molar-refractivity contribution in [3.05, 3.63) is 59.2 Å². The highest BCUT2D eigenvalue weighted by Crippen LogP contribution is 2.26. The third kappa shape index (κ3) is 4.92. The van der Waals surface area contributed by atoms with Crippen LogP contribution >= 0.6 is 11.8 Å². The van der Waals surface area contributed by atoms with Crippen molar-refractivity contribution in [3.8, 4) is 5.75 Å². The molecule has 5 heteroatoms. The molecule has 0 atom stereocenters. The fraction of sp³-hybridized carbons (Fsp3) is 0.364. The number of anilines is 1. The molecule has 0 saturated heterocycles. The molecule has 0 radical (unpaired) electrons. The SMILES string of the molecule is CCOc1ccc(N(CC(=O)c2ccc(C)cc2C)C2=NCCCS2)cc1. The number of thioether (sulfide) groups is 1. The van der Waals surface area contributed by atoms with Gasteiger partial charge in [0.25, 0.3) is 0 Å². The highest BCUT2D eigenvalue weighted by molar-refractivity contribution is 8.14. The van der Waals surface area contributed by atoms with Crippen molar-refractivity contribution in [3.63, 3.8) is 0 Å².